The highest BCUT2D eigenvalue weighted by molar-refractivity contribution is 5.80. The Bertz CT molecular complexity index is 606. The standard InChI is InChI=1S/C15H13N3/c1-2-6-12(7-3-1)17-10-11-18-14-9-5-4-8-13(14)16-15(17)18/h1-11,15-16H. The summed E-state index contributed by atoms with van der Waals surface area (Å²) in [5.74, 6) is 0. The second kappa shape index (κ2) is 3.53. The van der Waals surface area contributed by atoms with Gasteiger partial charge in [0, 0.05) is 18.1 Å². The highest BCUT2D eigenvalue weighted by Gasteiger charge is 2.34. The van der Waals surface area contributed by atoms with Crippen LogP contribution < -0.4 is 15.1 Å². The molecule has 2 aliphatic rings. The summed E-state index contributed by atoms with van der Waals surface area (Å²) in [6.45, 7) is 0. The Labute approximate surface area is 106 Å². The zero-order valence-electron chi connectivity index (χ0n) is 9.82. The second-order valence-corrected chi connectivity index (χ2v) is 4.48. The van der Waals surface area contributed by atoms with Gasteiger partial charge in [0.1, 0.15) is 0 Å². The summed E-state index contributed by atoms with van der Waals surface area (Å²) in [6.07, 6.45) is 4.39. The number of fused-ring (bicyclic) bond motifs is 3. The van der Waals surface area contributed by atoms with E-state index >= 15 is 0 Å². The van der Waals surface area contributed by atoms with Crippen LogP contribution in [0.3, 0.4) is 0 Å². The summed E-state index contributed by atoms with van der Waals surface area (Å²) in [4.78, 5) is 4.49. The average Bonchev–Trinajstić information content (AvgIpc) is 2.98. The van der Waals surface area contributed by atoms with Crippen LogP contribution in [0.5, 0.6) is 0 Å². The topological polar surface area (TPSA) is 18.5 Å². The molecule has 2 heterocycles. The molecule has 88 valence electrons. The molecule has 1 atom stereocenters. The zero-order chi connectivity index (χ0) is 11.9. The van der Waals surface area contributed by atoms with E-state index in [2.05, 4.69) is 76.0 Å². The number of benzene rings is 2. The molecular formula is C15H13N3. The van der Waals surface area contributed by atoms with Crippen LogP contribution in [0.15, 0.2) is 67.0 Å². The van der Waals surface area contributed by atoms with E-state index in [1.54, 1.807) is 0 Å². The number of rotatable bonds is 1. The molecule has 2 aromatic rings. The molecule has 3 heteroatoms. The molecule has 0 saturated carbocycles. The summed E-state index contributed by atoms with van der Waals surface area (Å²) >= 11 is 0. The van der Waals surface area contributed by atoms with Crippen molar-refractivity contribution >= 4 is 17.1 Å². The van der Waals surface area contributed by atoms with Crippen molar-refractivity contribution in [2.24, 2.45) is 0 Å². The predicted molar refractivity (Wildman–Crippen MR) is 74.4 cm³/mol. The highest BCUT2D eigenvalue weighted by Crippen LogP contribution is 2.39. The summed E-state index contributed by atoms with van der Waals surface area (Å²) in [5.41, 5.74) is 3.62. The Morgan fingerprint density at radius 1 is 0.778 bits per heavy atom. The molecule has 18 heavy (non-hydrogen) atoms. The van der Waals surface area contributed by atoms with Crippen LogP contribution in [0, 0.1) is 0 Å². The van der Waals surface area contributed by atoms with Gasteiger partial charge in [-0.3, -0.25) is 0 Å². The molecule has 0 bridgehead atoms. The maximum Gasteiger partial charge on any atom is 0.186 e. The second-order valence-electron chi connectivity index (χ2n) is 4.48. The summed E-state index contributed by atoms with van der Waals surface area (Å²) in [7, 11) is 0. The van der Waals surface area contributed by atoms with Gasteiger partial charge in [0.2, 0.25) is 0 Å². The first-order chi connectivity index (χ1) is 8.93. The molecule has 0 saturated heterocycles. The minimum Gasteiger partial charge on any atom is -0.346 e. The molecule has 3 nitrogen and oxygen atoms in total. The van der Waals surface area contributed by atoms with Crippen LogP contribution in [0.1, 0.15) is 0 Å². The zero-order valence-corrected chi connectivity index (χ0v) is 9.82. The lowest BCUT2D eigenvalue weighted by Crippen LogP contribution is -2.40. The third kappa shape index (κ3) is 1.24. The van der Waals surface area contributed by atoms with Crippen molar-refractivity contribution in [3.05, 3.63) is 67.0 Å². The molecule has 2 aromatic carbocycles. The molecule has 0 aromatic heterocycles. The molecule has 0 spiro atoms. The van der Waals surface area contributed by atoms with Crippen molar-refractivity contribution < 1.29 is 0 Å². The molecule has 0 amide bonds. The molecule has 0 radical (unpaired) electrons. The Morgan fingerprint density at radius 2 is 1.50 bits per heavy atom. The lowest BCUT2D eigenvalue weighted by molar-refractivity contribution is 0.796. The van der Waals surface area contributed by atoms with Gasteiger partial charge >= 0.3 is 0 Å². The first kappa shape index (κ1) is 9.59. The van der Waals surface area contributed by atoms with Gasteiger partial charge in [0.05, 0.1) is 11.4 Å². The van der Waals surface area contributed by atoms with Crippen LogP contribution in [-0.2, 0) is 0 Å². The van der Waals surface area contributed by atoms with E-state index in [4.69, 9.17) is 0 Å². The van der Waals surface area contributed by atoms with Gasteiger partial charge in [-0.15, -0.1) is 0 Å². The predicted octanol–water partition coefficient (Wildman–Crippen LogP) is 3.19. The molecule has 0 aliphatic carbocycles. The molecule has 4 rings (SSSR count). The van der Waals surface area contributed by atoms with E-state index in [0.29, 0.717) is 0 Å². The Balaban J connectivity index is 1.73. The van der Waals surface area contributed by atoms with Crippen LogP contribution in [-0.4, -0.2) is 6.29 Å². The number of nitrogens with one attached hydrogen (secondary N) is 1. The number of nitrogens with zero attached hydrogens (tertiary/aromatic N) is 2. The maximum atomic E-state index is 3.53. The molecule has 1 N–H and O–H groups in total. The van der Waals surface area contributed by atoms with E-state index in [9.17, 15) is 0 Å². The fourth-order valence-corrected chi connectivity index (χ4v) is 2.58. The lowest BCUT2D eigenvalue weighted by Gasteiger charge is -2.26. The minimum atomic E-state index is 0.157. The minimum absolute atomic E-state index is 0.157. The van der Waals surface area contributed by atoms with Crippen molar-refractivity contribution in [1.82, 2.24) is 0 Å². The average molecular weight is 235 g/mol. The van der Waals surface area contributed by atoms with E-state index in [1.165, 1.54) is 17.1 Å². The number of hydrogen-bond donors (Lipinski definition) is 1. The van der Waals surface area contributed by atoms with E-state index in [0.717, 1.165) is 0 Å². The third-order valence-corrected chi connectivity index (χ3v) is 3.44. The first-order valence-corrected chi connectivity index (χ1v) is 6.09. The van der Waals surface area contributed by atoms with E-state index < -0.39 is 0 Å². The SMILES string of the molecule is C1=CN2c3ccccc3NC2N1c1ccccc1. The van der Waals surface area contributed by atoms with Crippen LogP contribution in [0.2, 0.25) is 0 Å². The third-order valence-electron chi connectivity index (χ3n) is 3.44. The molecule has 1 unspecified atom stereocenters. The van der Waals surface area contributed by atoms with Crippen molar-refractivity contribution in [2.75, 3.05) is 15.1 Å². The molecule has 0 fully saturated rings. The van der Waals surface area contributed by atoms with Crippen molar-refractivity contribution in [2.45, 2.75) is 6.29 Å². The van der Waals surface area contributed by atoms with Crippen LogP contribution in [0.25, 0.3) is 0 Å². The fraction of sp³-hybridized carbons (Fsp3) is 0.0667. The summed E-state index contributed by atoms with van der Waals surface area (Å²) in [6, 6.07) is 18.8. The van der Waals surface area contributed by atoms with Gasteiger partial charge in [-0.1, -0.05) is 30.3 Å². The van der Waals surface area contributed by atoms with Crippen molar-refractivity contribution in [1.29, 1.82) is 0 Å². The summed E-state index contributed by atoms with van der Waals surface area (Å²) in [5, 5.41) is 3.53. The van der Waals surface area contributed by atoms with E-state index in [-0.39, 0.29) is 6.29 Å². The van der Waals surface area contributed by atoms with Gasteiger partial charge in [0.25, 0.3) is 0 Å². The largest absolute Gasteiger partial charge is 0.346 e. The van der Waals surface area contributed by atoms with Gasteiger partial charge in [-0.25, -0.2) is 0 Å². The smallest absolute Gasteiger partial charge is 0.186 e. The van der Waals surface area contributed by atoms with Crippen LogP contribution >= 0.6 is 0 Å². The molecular weight excluding hydrogens is 222 g/mol. The monoisotopic (exact) mass is 235 g/mol. The van der Waals surface area contributed by atoms with Crippen LogP contribution in [0.4, 0.5) is 17.1 Å². The quantitative estimate of drug-likeness (QED) is 0.819. The first-order valence-electron chi connectivity index (χ1n) is 6.09. The van der Waals surface area contributed by atoms with Gasteiger partial charge in [-0.05, 0) is 24.3 Å². The number of hydrogen-bond acceptors (Lipinski definition) is 3. The normalized spacial score (nSPS) is 19.7. The Morgan fingerprint density at radius 3 is 2.39 bits per heavy atom. The highest BCUT2D eigenvalue weighted by atomic mass is 15.5. The van der Waals surface area contributed by atoms with Crippen molar-refractivity contribution in [3.8, 4) is 0 Å². The Hall–Kier alpha value is -2.42. The number of para-hydroxylation sites is 3. The summed E-state index contributed by atoms with van der Waals surface area (Å²) < 4.78 is 0. The maximum absolute atomic E-state index is 3.53. The lowest BCUT2D eigenvalue weighted by atomic mass is 10.3. The fourth-order valence-electron chi connectivity index (χ4n) is 2.58. The molecule has 2 aliphatic heterocycles. The van der Waals surface area contributed by atoms with Gasteiger partial charge < -0.3 is 15.1 Å². The van der Waals surface area contributed by atoms with E-state index in [1.807, 2.05) is 6.07 Å². The van der Waals surface area contributed by atoms with Gasteiger partial charge in [-0.2, -0.15) is 0 Å². The number of anilines is 3. The Kier molecular flexibility index (Phi) is 1.88. The van der Waals surface area contributed by atoms with Gasteiger partial charge in [0.15, 0.2) is 6.29 Å². The van der Waals surface area contributed by atoms with Crippen molar-refractivity contribution in [3.63, 3.8) is 0 Å².